The van der Waals surface area contributed by atoms with Crippen LogP contribution in [0.4, 0.5) is 14.5 Å². The fourth-order valence-electron chi connectivity index (χ4n) is 4.53. The summed E-state index contributed by atoms with van der Waals surface area (Å²) in [6, 6.07) is 17.4. The number of rotatable bonds is 6. The molecule has 0 saturated carbocycles. The first-order chi connectivity index (χ1) is 17.9. The average molecular weight is 632 g/mol. The predicted molar refractivity (Wildman–Crippen MR) is 156 cm³/mol. The van der Waals surface area contributed by atoms with Crippen molar-refractivity contribution in [2.24, 2.45) is 9.98 Å². The Labute approximate surface area is 233 Å². The van der Waals surface area contributed by atoms with Gasteiger partial charge < -0.3 is 10.6 Å². The minimum atomic E-state index is -0.666. The van der Waals surface area contributed by atoms with Gasteiger partial charge in [0.25, 0.3) is 0 Å². The van der Waals surface area contributed by atoms with Crippen LogP contribution in [-0.4, -0.2) is 41.5 Å². The van der Waals surface area contributed by atoms with Crippen molar-refractivity contribution < 1.29 is 8.78 Å². The molecule has 0 atom stereocenters. The summed E-state index contributed by atoms with van der Waals surface area (Å²) in [5.74, 6) is -0.730. The van der Waals surface area contributed by atoms with E-state index in [9.17, 15) is 8.78 Å². The molecule has 5 rings (SSSR count). The Bertz CT molecular complexity index is 1410. The highest BCUT2D eigenvalue weighted by Crippen LogP contribution is 2.32. The lowest BCUT2D eigenvalue weighted by Gasteiger charge is -2.23. The Hall–Kier alpha value is -2.82. The molecule has 190 valence electrons. The van der Waals surface area contributed by atoms with Crippen molar-refractivity contribution in [1.29, 1.82) is 0 Å². The third kappa shape index (κ3) is 5.86. The lowest BCUT2D eigenvalue weighted by atomic mass is 9.94. The maximum Gasteiger partial charge on any atom is 0.200 e. The van der Waals surface area contributed by atoms with E-state index in [-0.39, 0.29) is 17.8 Å². The third-order valence-electron chi connectivity index (χ3n) is 6.28. The van der Waals surface area contributed by atoms with Gasteiger partial charge in [0.1, 0.15) is 11.6 Å². The second kappa shape index (κ2) is 11.3. The fraction of sp³-hybridized carbons (Fsp3) is 0.214. The number of guanidine groups is 1. The molecule has 2 aliphatic rings. The van der Waals surface area contributed by atoms with E-state index in [1.165, 1.54) is 23.8 Å². The summed E-state index contributed by atoms with van der Waals surface area (Å²) in [7, 11) is 2.06. The van der Waals surface area contributed by atoms with Crippen LogP contribution in [0.15, 0.2) is 76.2 Å². The van der Waals surface area contributed by atoms with Crippen LogP contribution in [0.25, 0.3) is 5.70 Å². The van der Waals surface area contributed by atoms with Crippen LogP contribution in [0.3, 0.4) is 0 Å². The Morgan fingerprint density at radius 3 is 2.54 bits per heavy atom. The first kappa shape index (κ1) is 25.8. The van der Waals surface area contributed by atoms with E-state index in [1.54, 1.807) is 12.1 Å². The smallest absolute Gasteiger partial charge is 0.200 e. The van der Waals surface area contributed by atoms with Gasteiger partial charge in [-0.05, 0) is 67.4 Å². The molecule has 3 aromatic carbocycles. The zero-order valence-electron chi connectivity index (χ0n) is 20.2. The van der Waals surface area contributed by atoms with E-state index in [2.05, 4.69) is 65.8 Å². The maximum absolute atomic E-state index is 14.8. The van der Waals surface area contributed by atoms with Gasteiger partial charge in [0.2, 0.25) is 5.96 Å². The minimum Gasteiger partial charge on any atom is -0.326 e. The Kier molecular flexibility index (Phi) is 7.87. The number of aliphatic imine (C=N–C) groups is 2. The van der Waals surface area contributed by atoms with Crippen LogP contribution in [-0.2, 0) is 6.42 Å². The average Bonchev–Trinajstić information content (AvgIpc) is 3.01. The van der Waals surface area contributed by atoms with Gasteiger partial charge in [0.05, 0.1) is 30.1 Å². The van der Waals surface area contributed by atoms with Crippen LogP contribution < -0.4 is 10.6 Å². The molecule has 0 saturated heterocycles. The van der Waals surface area contributed by atoms with Crippen molar-refractivity contribution in [3.63, 3.8) is 0 Å². The number of anilines is 1. The highest BCUT2D eigenvalue weighted by Gasteiger charge is 2.27. The molecule has 0 aromatic heterocycles. The summed E-state index contributed by atoms with van der Waals surface area (Å²) in [4.78, 5) is 9.30. The Morgan fingerprint density at radius 1 is 1.00 bits per heavy atom. The summed E-state index contributed by atoms with van der Waals surface area (Å²) in [6.07, 6.45) is 2.06. The van der Waals surface area contributed by atoms with Crippen molar-refractivity contribution in [2.75, 3.05) is 32.0 Å². The summed E-state index contributed by atoms with van der Waals surface area (Å²) in [6.45, 7) is 1.69. The lowest BCUT2D eigenvalue weighted by Crippen LogP contribution is -2.34. The first-order valence-corrected chi connectivity index (χ1v) is 13.3. The van der Waals surface area contributed by atoms with Gasteiger partial charge in [-0.15, -0.1) is 0 Å². The van der Waals surface area contributed by atoms with Gasteiger partial charge in [-0.3, -0.25) is 8.11 Å². The van der Waals surface area contributed by atoms with Crippen LogP contribution in [0.1, 0.15) is 28.7 Å². The molecule has 0 radical (unpaired) electrons. The summed E-state index contributed by atoms with van der Waals surface area (Å²) in [5.41, 5.74) is 5.35. The number of halogens is 4. The van der Waals surface area contributed by atoms with Crippen LogP contribution in [0, 0.1) is 11.6 Å². The second-order valence-corrected chi connectivity index (χ2v) is 11.1. The topological polar surface area (TPSA) is 52.0 Å². The maximum atomic E-state index is 14.8. The van der Waals surface area contributed by atoms with Gasteiger partial charge in [0.15, 0.2) is 0 Å². The van der Waals surface area contributed by atoms with Crippen LogP contribution in [0.5, 0.6) is 0 Å². The zero-order chi connectivity index (χ0) is 25.9. The number of nitrogens with one attached hydrogen (secondary N) is 2. The number of nitrogens with zero attached hydrogens (tertiary/aromatic N) is 3. The van der Waals surface area contributed by atoms with E-state index >= 15 is 0 Å². The van der Waals surface area contributed by atoms with Crippen molar-refractivity contribution in [3.8, 4) is 0 Å². The number of aryl methyl sites for hydroxylation is 1. The highest BCUT2D eigenvalue weighted by atomic mass is 127. The summed E-state index contributed by atoms with van der Waals surface area (Å²) < 4.78 is 31.7. The van der Waals surface area contributed by atoms with Crippen LogP contribution >= 0.6 is 34.5 Å². The zero-order valence-corrected chi connectivity index (χ0v) is 23.1. The standard InChI is InChI=1S/C28H25ClF2IN5/c1-37(32)12-4-6-17-5-2-7-20(13-17)35-28-34-16-18-15-33-27(25-23(30)8-3-9-24(25)31)22-14-19(29)10-11-21(22)26(18)36-28/h2-3,5,7-11,13-14H,4,6,12,15-16H2,1H3,(H2,34,35,36). The molecule has 0 unspecified atom stereocenters. The van der Waals surface area contributed by atoms with Gasteiger partial charge in [-0.2, -0.15) is 0 Å². The molecule has 0 bridgehead atoms. The van der Waals surface area contributed by atoms with E-state index in [0.29, 0.717) is 23.1 Å². The molecular formula is C28H25ClF2IN5. The van der Waals surface area contributed by atoms with Crippen molar-refractivity contribution in [3.05, 3.63) is 105 Å². The normalized spacial score (nSPS) is 14.9. The number of fused-ring (bicyclic) bond motifs is 2. The largest absolute Gasteiger partial charge is 0.326 e. The van der Waals surface area contributed by atoms with Gasteiger partial charge >= 0.3 is 0 Å². The van der Waals surface area contributed by atoms with Crippen molar-refractivity contribution in [2.45, 2.75) is 12.8 Å². The van der Waals surface area contributed by atoms with Crippen molar-refractivity contribution >= 4 is 57.5 Å². The highest BCUT2D eigenvalue weighted by molar-refractivity contribution is 14.1. The third-order valence-corrected chi connectivity index (χ3v) is 7.00. The lowest BCUT2D eigenvalue weighted by molar-refractivity contribution is 0.579. The van der Waals surface area contributed by atoms with Gasteiger partial charge in [-0.25, -0.2) is 13.8 Å². The molecule has 5 nitrogen and oxygen atoms in total. The molecule has 2 heterocycles. The molecule has 2 aliphatic heterocycles. The molecule has 2 N–H and O–H groups in total. The molecule has 0 fully saturated rings. The second-order valence-electron chi connectivity index (χ2n) is 8.98. The number of benzene rings is 3. The fourth-order valence-corrected chi connectivity index (χ4v) is 5.04. The molecule has 37 heavy (non-hydrogen) atoms. The van der Waals surface area contributed by atoms with E-state index in [1.807, 2.05) is 18.2 Å². The molecule has 9 heteroatoms. The van der Waals surface area contributed by atoms with E-state index in [0.717, 1.165) is 41.9 Å². The molecular weight excluding hydrogens is 607 g/mol. The summed E-state index contributed by atoms with van der Waals surface area (Å²) >= 11 is 8.62. The Balaban J connectivity index is 1.41. The van der Waals surface area contributed by atoms with Crippen molar-refractivity contribution in [1.82, 2.24) is 8.43 Å². The predicted octanol–water partition coefficient (Wildman–Crippen LogP) is 6.47. The molecule has 0 amide bonds. The molecule has 0 spiro atoms. The van der Waals surface area contributed by atoms with Gasteiger partial charge in [-0.1, -0.05) is 35.9 Å². The van der Waals surface area contributed by atoms with Gasteiger partial charge in [0, 0.05) is 51.2 Å². The quantitative estimate of drug-likeness (QED) is 0.242. The first-order valence-electron chi connectivity index (χ1n) is 11.9. The number of hydrogen-bond acceptors (Lipinski definition) is 5. The Morgan fingerprint density at radius 2 is 1.76 bits per heavy atom. The molecule has 3 aromatic rings. The number of hydrogen-bond donors (Lipinski definition) is 2. The minimum absolute atomic E-state index is 0.157. The molecule has 0 aliphatic carbocycles. The van der Waals surface area contributed by atoms with E-state index in [4.69, 9.17) is 11.6 Å². The van der Waals surface area contributed by atoms with Crippen LogP contribution in [0.2, 0.25) is 5.02 Å². The SMILES string of the molecule is CN(I)CCCc1cccc(NC2=NCC3=C(N2)c2ccc(Cl)cc2C(c2c(F)cccc2F)=NC3)c1. The van der Waals surface area contributed by atoms with E-state index < -0.39 is 11.6 Å². The summed E-state index contributed by atoms with van der Waals surface area (Å²) in [5, 5.41) is 7.25. The monoisotopic (exact) mass is 631 g/mol.